The van der Waals surface area contributed by atoms with Gasteiger partial charge in [0.05, 0.1) is 6.61 Å². The van der Waals surface area contributed by atoms with Crippen molar-refractivity contribution in [2.24, 2.45) is 5.92 Å². The molecular formula is C17H26N2O2S. The summed E-state index contributed by atoms with van der Waals surface area (Å²) in [6.07, 6.45) is 4.55. The van der Waals surface area contributed by atoms with E-state index in [0.29, 0.717) is 5.92 Å². The molecule has 4 nitrogen and oxygen atoms in total. The smallest absolute Gasteiger partial charge is 0.246 e. The Balaban J connectivity index is 1.87. The quantitative estimate of drug-likeness (QED) is 0.847. The maximum Gasteiger partial charge on any atom is 0.246 e. The molecule has 0 aromatic carbocycles. The molecule has 1 aliphatic heterocycles. The molecule has 0 saturated carbocycles. The number of thiophene rings is 1. The van der Waals surface area contributed by atoms with Crippen LogP contribution in [0, 0.1) is 5.92 Å². The summed E-state index contributed by atoms with van der Waals surface area (Å²) >= 11 is 1.55. The average Bonchev–Trinajstić information content (AvgIpc) is 2.83. The van der Waals surface area contributed by atoms with E-state index in [1.807, 2.05) is 22.4 Å². The second-order valence-electron chi connectivity index (χ2n) is 6.22. The van der Waals surface area contributed by atoms with E-state index in [0.717, 1.165) is 49.6 Å². The first kappa shape index (κ1) is 17.2. The predicted molar refractivity (Wildman–Crippen MR) is 91.8 cm³/mol. The minimum absolute atomic E-state index is 0.0517. The third-order valence-corrected chi connectivity index (χ3v) is 4.72. The molecule has 22 heavy (non-hydrogen) atoms. The molecule has 0 atom stereocenters. The van der Waals surface area contributed by atoms with Crippen LogP contribution in [0.4, 0.5) is 0 Å². The molecule has 122 valence electrons. The summed E-state index contributed by atoms with van der Waals surface area (Å²) in [6.45, 7) is 9.32. The first-order valence-corrected chi connectivity index (χ1v) is 8.84. The Morgan fingerprint density at radius 1 is 1.36 bits per heavy atom. The van der Waals surface area contributed by atoms with Gasteiger partial charge in [0.15, 0.2) is 0 Å². The molecule has 1 N–H and O–H groups in total. The number of rotatable bonds is 5. The lowest BCUT2D eigenvalue weighted by Gasteiger charge is -2.22. The zero-order valence-corrected chi connectivity index (χ0v) is 14.3. The van der Waals surface area contributed by atoms with Crippen molar-refractivity contribution < 1.29 is 9.90 Å². The minimum atomic E-state index is 0.0517. The molecule has 0 unspecified atom stereocenters. The number of hydrogen-bond donors (Lipinski definition) is 1. The maximum atomic E-state index is 12.3. The topological polar surface area (TPSA) is 43.8 Å². The zero-order chi connectivity index (χ0) is 15.9. The maximum absolute atomic E-state index is 12.3. The number of nitrogens with zero attached hydrogens (tertiary/aromatic N) is 2. The summed E-state index contributed by atoms with van der Waals surface area (Å²) in [7, 11) is 0. The second kappa shape index (κ2) is 8.46. The monoisotopic (exact) mass is 322 g/mol. The van der Waals surface area contributed by atoms with Gasteiger partial charge in [-0.25, -0.2) is 0 Å². The van der Waals surface area contributed by atoms with Gasteiger partial charge < -0.3 is 14.9 Å². The van der Waals surface area contributed by atoms with Gasteiger partial charge in [-0.05, 0) is 42.0 Å². The van der Waals surface area contributed by atoms with Gasteiger partial charge in [-0.3, -0.25) is 4.79 Å². The van der Waals surface area contributed by atoms with Crippen LogP contribution >= 0.6 is 11.3 Å². The van der Waals surface area contributed by atoms with Crippen molar-refractivity contribution in [2.45, 2.75) is 26.9 Å². The number of aliphatic hydroxyl groups excluding tert-OH is 1. The number of carbonyl (C=O) groups is 1. The van der Waals surface area contributed by atoms with E-state index in [4.69, 9.17) is 5.11 Å². The van der Waals surface area contributed by atoms with Crippen molar-refractivity contribution >= 4 is 23.3 Å². The molecule has 0 radical (unpaired) electrons. The Hall–Kier alpha value is -1.17. The van der Waals surface area contributed by atoms with Crippen molar-refractivity contribution in [2.75, 3.05) is 32.7 Å². The largest absolute Gasteiger partial charge is 0.392 e. The third kappa shape index (κ3) is 5.23. The first-order valence-electron chi connectivity index (χ1n) is 7.96. The highest BCUT2D eigenvalue weighted by molar-refractivity contribution is 7.11. The number of amides is 1. The fraction of sp³-hybridized carbons (Fsp3) is 0.588. The third-order valence-electron chi connectivity index (χ3n) is 3.77. The molecule has 1 aromatic rings. The Bertz CT molecular complexity index is 511. The van der Waals surface area contributed by atoms with Crippen LogP contribution in [0.2, 0.25) is 0 Å². The van der Waals surface area contributed by atoms with Gasteiger partial charge in [-0.2, -0.15) is 0 Å². The molecule has 5 heteroatoms. The molecule has 1 fully saturated rings. The zero-order valence-electron chi connectivity index (χ0n) is 13.5. The van der Waals surface area contributed by atoms with Gasteiger partial charge >= 0.3 is 0 Å². The number of hydrogen-bond acceptors (Lipinski definition) is 4. The highest BCUT2D eigenvalue weighted by Gasteiger charge is 2.17. The van der Waals surface area contributed by atoms with Crippen LogP contribution in [0.3, 0.4) is 0 Å². The lowest BCUT2D eigenvalue weighted by Crippen LogP contribution is -2.35. The van der Waals surface area contributed by atoms with Gasteiger partial charge in [0, 0.05) is 37.1 Å². The standard InChI is InChI=1S/C17H26N2O2S/c1-14(2)11-18-6-3-7-19(9-8-18)17(21)5-4-16-10-15(12-20)13-22-16/h4-5,10,13-14,20H,3,6-9,11-12H2,1-2H3. The van der Waals surface area contributed by atoms with E-state index in [2.05, 4.69) is 18.7 Å². The van der Waals surface area contributed by atoms with Crippen LogP contribution in [-0.2, 0) is 11.4 Å². The van der Waals surface area contributed by atoms with Crippen molar-refractivity contribution in [3.8, 4) is 0 Å². The van der Waals surface area contributed by atoms with Gasteiger partial charge in [0.2, 0.25) is 5.91 Å². The summed E-state index contributed by atoms with van der Waals surface area (Å²) < 4.78 is 0. The molecule has 2 heterocycles. The van der Waals surface area contributed by atoms with Gasteiger partial charge in [-0.1, -0.05) is 13.8 Å². The van der Waals surface area contributed by atoms with Crippen molar-refractivity contribution in [1.82, 2.24) is 9.80 Å². The summed E-state index contributed by atoms with van der Waals surface area (Å²) in [5.74, 6) is 0.757. The summed E-state index contributed by atoms with van der Waals surface area (Å²) in [5.41, 5.74) is 0.899. The van der Waals surface area contributed by atoms with E-state index < -0.39 is 0 Å². The lowest BCUT2D eigenvalue weighted by atomic mass is 10.2. The van der Waals surface area contributed by atoms with Crippen LogP contribution in [0.1, 0.15) is 30.7 Å². The van der Waals surface area contributed by atoms with Crippen molar-refractivity contribution in [1.29, 1.82) is 0 Å². The SMILES string of the molecule is CC(C)CN1CCCN(C(=O)C=Cc2cc(CO)cs2)CC1. The second-order valence-corrected chi connectivity index (χ2v) is 7.16. The highest BCUT2D eigenvalue weighted by atomic mass is 32.1. The Labute approximate surface area is 137 Å². The Morgan fingerprint density at radius 2 is 2.18 bits per heavy atom. The molecular weight excluding hydrogens is 296 g/mol. The van der Waals surface area contributed by atoms with Crippen LogP contribution in [0.15, 0.2) is 17.5 Å². The minimum Gasteiger partial charge on any atom is -0.392 e. The summed E-state index contributed by atoms with van der Waals surface area (Å²) in [6, 6.07) is 1.92. The molecule has 1 aromatic heterocycles. The molecule has 0 aliphatic carbocycles. The normalized spacial score (nSPS) is 17.4. The van der Waals surface area contributed by atoms with Crippen LogP contribution in [0.25, 0.3) is 6.08 Å². The van der Waals surface area contributed by atoms with Crippen LogP contribution in [0.5, 0.6) is 0 Å². The van der Waals surface area contributed by atoms with Crippen LogP contribution in [-0.4, -0.2) is 53.5 Å². The van der Waals surface area contributed by atoms with Crippen molar-refractivity contribution in [3.63, 3.8) is 0 Å². The van der Waals surface area contributed by atoms with Gasteiger partial charge in [0.25, 0.3) is 0 Å². The number of carbonyl (C=O) groups excluding carboxylic acids is 1. The summed E-state index contributed by atoms with van der Waals surface area (Å²) in [4.78, 5) is 17.7. The van der Waals surface area contributed by atoms with Crippen molar-refractivity contribution in [3.05, 3.63) is 28.0 Å². The van der Waals surface area contributed by atoms with E-state index >= 15 is 0 Å². The van der Waals surface area contributed by atoms with E-state index in [1.54, 1.807) is 17.4 Å². The molecule has 2 rings (SSSR count). The molecule has 1 saturated heterocycles. The van der Waals surface area contributed by atoms with E-state index in [1.165, 1.54) is 0 Å². The highest BCUT2D eigenvalue weighted by Crippen LogP contribution is 2.16. The Kier molecular flexibility index (Phi) is 6.61. The molecule has 0 spiro atoms. The predicted octanol–water partition coefficient (Wildman–Crippen LogP) is 2.44. The fourth-order valence-electron chi connectivity index (χ4n) is 2.71. The van der Waals surface area contributed by atoms with Gasteiger partial charge in [0.1, 0.15) is 0 Å². The first-order chi connectivity index (χ1) is 10.6. The number of aliphatic hydroxyl groups is 1. The molecule has 0 bridgehead atoms. The average molecular weight is 322 g/mol. The fourth-order valence-corrected chi connectivity index (χ4v) is 3.51. The van der Waals surface area contributed by atoms with Gasteiger partial charge in [-0.15, -0.1) is 11.3 Å². The van der Waals surface area contributed by atoms with E-state index in [9.17, 15) is 4.79 Å². The van der Waals surface area contributed by atoms with E-state index in [-0.39, 0.29) is 12.5 Å². The molecule has 1 aliphatic rings. The molecule has 1 amide bonds. The van der Waals surface area contributed by atoms with Crippen LogP contribution < -0.4 is 0 Å². The summed E-state index contributed by atoms with van der Waals surface area (Å²) in [5, 5.41) is 11.0. The lowest BCUT2D eigenvalue weighted by molar-refractivity contribution is -0.125. The Morgan fingerprint density at radius 3 is 2.86 bits per heavy atom.